The first-order valence-electron chi connectivity index (χ1n) is 5.81. The predicted molar refractivity (Wildman–Crippen MR) is 82.2 cm³/mol. The number of ether oxygens (including phenoxy) is 2. The Morgan fingerprint density at radius 2 is 2.16 bits per heavy atom. The Morgan fingerprint density at radius 3 is 2.68 bits per heavy atom. The first-order chi connectivity index (χ1) is 9.12. The maximum absolute atomic E-state index is 12.1. The maximum Gasteiger partial charge on any atom is 0.251 e. The first kappa shape index (κ1) is 16.5. The van der Waals surface area contributed by atoms with E-state index in [4.69, 9.17) is 9.47 Å². The van der Waals surface area contributed by atoms with Crippen molar-refractivity contribution in [1.82, 2.24) is 5.32 Å². The van der Waals surface area contributed by atoms with Gasteiger partial charge in [-0.05, 0) is 40.5 Å². The summed E-state index contributed by atoms with van der Waals surface area (Å²) in [7, 11) is 3.21. The molecule has 0 radical (unpaired) electrons. The van der Waals surface area contributed by atoms with E-state index in [1.54, 1.807) is 32.4 Å². The molecule has 1 N–H and O–H groups in total. The molecule has 1 rings (SSSR count). The molecular weight excluding hydrogens is 378 g/mol. The number of hydrogen-bond acceptors (Lipinski definition) is 3. The summed E-state index contributed by atoms with van der Waals surface area (Å²) < 4.78 is 11.0. The fourth-order valence-corrected chi connectivity index (χ4v) is 2.70. The highest BCUT2D eigenvalue weighted by molar-refractivity contribution is 9.10. The molecule has 0 aliphatic heterocycles. The number of carbonyl (C=O) groups is 1. The molecule has 1 aromatic rings. The molecule has 0 aromatic heterocycles. The van der Waals surface area contributed by atoms with Crippen molar-refractivity contribution in [2.24, 2.45) is 0 Å². The largest absolute Gasteiger partial charge is 0.496 e. The van der Waals surface area contributed by atoms with Crippen LogP contribution in [0.15, 0.2) is 22.7 Å². The number of nitrogens with one attached hydrogen (secondary N) is 1. The number of alkyl halides is 1. The SMILES string of the molecule is COCC(CCBr)NC(=O)c1ccc(OC)c(Br)c1. The molecule has 0 heterocycles. The second-order valence-corrected chi connectivity index (χ2v) is 5.60. The Labute approximate surface area is 130 Å². The maximum atomic E-state index is 12.1. The van der Waals surface area contributed by atoms with Crippen LogP contribution in [0, 0.1) is 0 Å². The van der Waals surface area contributed by atoms with E-state index in [0.29, 0.717) is 17.9 Å². The van der Waals surface area contributed by atoms with Crippen LogP contribution in [0.2, 0.25) is 0 Å². The highest BCUT2D eigenvalue weighted by Gasteiger charge is 2.14. The smallest absolute Gasteiger partial charge is 0.251 e. The van der Waals surface area contributed by atoms with Gasteiger partial charge in [0.1, 0.15) is 5.75 Å². The molecule has 0 bridgehead atoms. The Kier molecular flexibility index (Phi) is 7.41. The normalized spacial score (nSPS) is 12.0. The summed E-state index contributed by atoms with van der Waals surface area (Å²) in [6, 6.07) is 5.23. The highest BCUT2D eigenvalue weighted by atomic mass is 79.9. The predicted octanol–water partition coefficient (Wildman–Crippen LogP) is 2.99. The van der Waals surface area contributed by atoms with Gasteiger partial charge in [0.25, 0.3) is 5.91 Å². The van der Waals surface area contributed by atoms with E-state index in [2.05, 4.69) is 37.2 Å². The summed E-state index contributed by atoms with van der Waals surface area (Å²) in [4.78, 5) is 12.1. The molecule has 0 aliphatic carbocycles. The third-order valence-corrected chi connectivity index (χ3v) is 3.65. The second-order valence-electron chi connectivity index (χ2n) is 3.95. The third-order valence-electron chi connectivity index (χ3n) is 2.57. The lowest BCUT2D eigenvalue weighted by Gasteiger charge is -2.17. The number of benzene rings is 1. The van der Waals surface area contributed by atoms with Gasteiger partial charge in [-0.15, -0.1) is 0 Å². The van der Waals surface area contributed by atoms with E-state index in [0.717, 1.165) is 16.2 Å². The summed E-state index contributed by atoms with van der Waals surface area (Å²) in [5, 5.41) is 3.76. The van der Waals surface area contributed by atoms with Gasteiger partial charge in [0.2, 0.25) is 0 Å². The van der Waals surface area contributed by atoms with E-state index in [-0.39, 0.29) is 11.9 Å². The van der Waals surface area contributed by atoms with E-state index in [1.807, 2.05) is 0 Å². The molecule has 1 amide bonds. The first-order valence-corrected chi connectivity index (χ1v) is 7.73. The highest BCUT2D eigenvalue weighted by Crippen LogP contribution is 2.25. The third kappa shape index (κ3) is 5.12. The van der Waals surface area contributed by atoms with Gasteiger partial charge in [-0.2, -0.15) is 0 Å². The second kappa shape index (κ2) is 8.55. The molecule has 0 saturated carbocycles. The minimum atomic E-state index is -0.119. The molecule has 1 atom stereocenters. The van der Waals surface area contributed by atoms with Crippen LogP contribution in [-0.4, -0.2) is 38.1 Å². The minimum Gasteiger partial charge on any atom is -0.496 e. The summed E-state index contributed by atoms with van der Waals surface area (Å²) in [6.07, 6.45) is 0.816. The number of amides is 1. The lowest BCUT2D eigenvalue weighted by Crippen LogP contribution is -2.38. The van der Waals surface area contributed by atoms with Crippen LogP contribution in [0.1, 0.15) is 16.8 Å². The quantitative estimate of drug-likeness (QED) is 0.723. The zero-order chi connectivity index (χ0) is 14.3. The van der Waals surface area contributed by atoms with Crippen molar-refractivity contribution >= 4 is 37.8 Å². The topological polar surface area (TPSA) is 47.6 Å². The van der Waals surface area contributed by atoms with Crippen molar-refractivity contribution in [3.63, 3.8) is 0 Å². The van der Waals surface area contributed by atoms with Crippen LogP contribution in [-0.2, 0) is 4.74 Å². The fourth-order valence-electron chi connectivity index (χ4n) is 1.61. The van der Waals surface area contributed by atoms with Gasteiger partial charge in [0.15, 0.2) is 0 Å². The molecular formula is C13H17Br2NO3. The van der Waals surface area contributed by atoms with Crippen LogP contribution >= 0.6 is 31.9 Å². The van der Waals surface area contributed by atoms with Gasteiger partial charge in [-0.3, -0.25) is 4.79 Å². The monoisotopic (exact) mass is 393 g/mol. The summed E-state index contributed by atoms with van der Waals surface area (Å²) in [6.45, 7) is 0.495. The Bertz CT molecular complexity index is 420. The number of carbonyl (C=O) groups excluding carboxylic acids is 1. The number of methoxy groups -OCH3 is 2. The van der Waals surface area contributed by atoms with Crippen LogP contribution in [0.5, 0.6) is 5.75 Å². The van der Waals surface area contributed by atoms with Crippen LogP contribution in [0.4, 0.5) is 0 Å². The molecule has 19 heavy (non-hydrogen) atoms. The average Bonchev–Trinajstić information content (AvgIpc) is 2.39. The fraction of sp³-hybridized carbons (Fsp3) is 0.462. The van der Waals surface area contributed by atoms with Crippen LogP contribution in [0.25, 0.3) is 0 Å². The van der Waals surface area contributed by atoms with Gasteiger partial charge in [-0.1, -0.05) is 15.9 Å². The van der Waals surface area contributed by atoms with Crippen molar-refractivity contribution in [3.8, 4) is 5.75 Å². The lowest BCUT2D eigenvalue weighted by molar-refractivity contribution is 0.0895. The van der Waals surface area contributed by atoms with Crippen molar-refractivity contribution in [2.45, 2.75) is 12.5 Å². The van der Waals surface area contributed by atoms with Gasteiger partial charge >= 0.3 is 0 Å². The zero-order valence-corrected chi connectivity index (χ0v) is 14.1. The standard InChI is InChI=1S/C13H17Br2NO3/c1-18-8-10(5-6-14)16-13(17)9-3-4-12(19-2)11(15)7-9/h3-4,7,10H,5-6,8H2,1-2H3,(H,16,17). The summed E-state index contributed by atoms with van der Waals surface area (Å²) >= 11 is 6.73. The minimum absolute atomic E-state index is 0.00208. The molecule has 0 saturated heterocycles. The van der Waals surface area contributed by atoms with Crippen molar-refractivity contribution < 1.29 is 14.3 Å². The molecule has 1 aromatic carbocycles. The molecule has 0 aliphatic rings. The molecule has 0 spiro atoms. The van der Waals surface area contributed by atoms with Gasteiger partial charge in [0.05, 0.1) is 24.2 Å². The van der Waals surface area contributed by atoms with Crippen LogP contribution < -0.4 is 10.1 Å². The zero-order valence-electron chi connectivity index (χ0n) is 10.9. The summed E-state index contributed by atoms with van der Waals surface area (Å²) in [5.74, 6) is 0.580. The van der Waals surface area contributed by atoms with Crippen molar-refractivity contribution in [3.05, 3.63) is 28.2 Å². The van der Waals surface area contributed by atoms with Crippen molar-refractivity contribution in [2.75, 3.05) is 26.2 Å². The molecule has 106 valence electrons. The van der Waals surface area contributed by atoms with E-state index in [9.17, 15) is 4.79 Å². The van der Waals surface area contributed by atoms with Gasteiger partial charge < -0.3 is 14.8 Å². The molecule has 1 unspecified atom stereocenters. The number of rotatable bonds is 7. The molecule has 0 fully saturated rings. The lowest BCUT2D eigenvalue weighted by atomic mass is 10.1. The van der Waals surface area contributed by atoms with Gasteiger partial charge in [-0.25, -0.2) is 0 Å². The molecule has 6 heteroatoms. The van der Waals surface area contributed by atoms with E-state index >= 15 is 0 Å². The average molecular weight is 395 g/mol. The van der Waals surface area contributed by atoms with Gasteiger partial charge in [0, 0.05) is 18.0 Å². The van der Waals surface area contributed by atoms with Crippen LogP contribution in [0.3, 0.4) is 0 Å². The van der Waals surface area contributed by atoms with Crippen molar-refractivity contribution in [1.29, 1.82) is 0 Å². The Morgan fingerprint density at radius 1 is 1.42 bits per heavy atom. The number of hydrogen-bond donors (Lipinski definition) is 1. The molecule has 4 nitrogen and oxygen atoms in total. The van der Waals surface area contributed by atoms with E-state index in [1.165, 1.54) is 0 Å². The Balaban J connectivity index is 2.73. The number of halogens is 2. The Hall–Kier alpha value is -0.590. The van der Waals surface area contributed by atoms with E-state index < -0.39 is 0 Å². The summed E-state index contributed by atoms with van der Waals surface area (Å²) in [5.41, 5.74) is 0.586.